The highest BCUT2D eigenvalue weighted by atomic mass is 19.4. The van der Waals surface area contributed by atoms with Gasteiger partial charge in [0, 0.05) is 23.5 Å². The minimum Gasteiger partial charge on any atom is -0.494 e. The number of hydrogen-bond acceptors (Lipinski definition) is 8. The molecule has 9 nitrogen and oxygen atoms in total. The Hall–Kier alpha value is -5.01. The SMILES string of the molecule is CCCOc1ccc(-c2ncc(C(C(=O)OC(C)C)n3cc4nc(-c5cccc(F)c5F)nc-4cn3)cn2)c(C(F)(F)F)c1. The Labute approximate surface area is 248 Å². The third-order valence-corrected chi connectivity index (χ3v) is 6.31. The number of aromatic nitrogens is 6. The van der Waals surface area contributed by atoms with Crippen LogP contribution in [0.25, 0.3) is 34.2 Å². The summed E-state index contributed by atoms with van der Waals surface area (Å²) < 4.78 is 81.9. The Kier molecular flexibility index (Phi) is 8.52. The zero-order valence-electron chi connectivity index (χ0n) is 23.6. The molecule has 2 aliphatic rings. The van der Waals surface area contributed by atoms with Crippen LogP contribution in [0.3, 0.4) is 0 Å². The largest absolute Gasteiger partial charge is 0.494 e. The molecule has 0 bridgehead atoms. The Morgan fingerprint density at radius 3 is 2.36 bits per heavy atom. The van der Waals surface area contributed by atoms with E-state index in [-0.39, 0.29) is 52.1 Å². The minimum atomic E-state index is -4.71. The maximum Gasteiger partial charge on any atom is 0.417 e. The van der Waals surface area contributed by atoms with Crippen molar-refractivity contribution in [3.8, 4) is 39.9 Å². The van der Waals surface area contributed by atoms with E-state index >= 15 is 0 Å². The molecule has 0 saturated carbocycles. The van der Waals surface area contributed by atoms with Crippen molar-refractivity contribution in [2.24, 2.45) is 0 Å². The summed E-state index contributed by atoms with van der Waals surface area (Å²) in [5, 5.41) is 4.25. The van der Waals surface area contributed by atoms with E-state index in [2.05, 4.69) is 25.0 Å². The smallest absolute Gasteiger partial charge is 0.417 e. The van der Waals surface area contributed by atoms with E-state index in [9.17, 15) is 26.7 Å². The van der Waals surface area contributed by atoms with Crippen molar-refractivity contribution < 1.29 is 36.2 Å². The summed E-state index contributed by atoms with van der Waals surface area (Å²) >= 11 is 0. The van der Waals surface area contributed by atoms with Crippen LogP contribution >= 0.6 is 0 Å². The number of halogens is 5. The van der Waals surface area contributed by atoms with Gasteiger partial charge in [-0.1, -0.05) is 13.0 Å². The summed E-state index contributed by atoms with van der Waals surface area (Å²) in [4.78, 5) is 30.0. The quantitative estimate of drug-likeness (QED) is 0.137. The third-order valence-electron chi connectivity index (χ3n) is 6.31. The number of carbonyl (C=O) groups excluding carboxylic acids is 1. The van der Waals surface area contributed by atoms with Gasteiger partial charge in [-0.05, 0) is 50.6 Å². The normalized spacial score (nSPS) is 12.5. The number of nitrogens with zero attached hydrogens (tertiary/aromatic N) is 6. The van der Waals surface area contributed by atoms with Gasteiger partial charge >= 0.3 is 12.1 Å². The van der Waals surface area contributed by atoms with Crippen LogP contribution in [-0.2, 0) is 15.7 Å². The van der Waals surface area contributed by atoms with Gasteiger partial charge in [-0.25, -0.2) is 33.5 Å². The molecule has 0 N–H and O–H groups in total. The van der Waals surface area contributed by atoms with Crippen LogP contribution in [0.1, 0.15) is 44.4 Å². The van der Waals surface area contributed by atoms with Gasteiger partial charge in [0.05, 0.1) is 36.2 Å². The van der Waals surface area contributed by atoms with Gasteiger partial charge in [0.25, 0.3) is 0 Å². The molecule has 2 aromatic carbocycles. The number of esters is 1. The molecule has 0 amide bonds. The number of benzene rings is 2. The Bertz CT molecular complexity index is 1760. The fourth-order valence-corrected chi connectivity index (χ4v) is 4.35. The van der Waals surface area contributed by atoms with Crippen LogP contribution in [0.4, 0.5) is 22.0 Å². The average Bonchev–Trinajstić information content (AvgIpc) is 3.40. The highest BCUT2D eigenvalue weighted by molar-refractivity contribution is 5.78. The Morgan fingerprint density at radius 1 is 0.955 bits per heavy atom. The lowest BCUT2D eigenvalue weighted by molar-refractivity contribution is -0.150. The van der Waals surface area contributed by atoms with Gasteiger partial charge in [-0.3, -0.25) is 4.68 Å². The van der Waals surface area contributed by atoms with Gasteiger partial charge in [0.15, 0.2) is 29.3 Å². The molecule has 0 fully saturated rings. The second kappa shape index (κ2) is 12.3. The molecular formula is C30H25F5N6O3. The summed E-state index contributed by atoms with van der Waals surface area (Å²) in [6, 6.07) is 5.87. The summed E-state index contributed by atoms with van der Waals surface area (Å²) in [7, 11) is 0. The molecule has 44 heavy (non-hydrogen) atoms. The Balaban J connectivity index is 1.53. The van der Waals surface area contributed by atoms with Crippen molar-refractivity contribution in [1.82, 2.24) is 29.7 Å². The number of carbonyl (C=O) groups is 1. The molecule has 0 radical (unpaired) electrons. The molecule has 0 spiro atoms. The van der Waals surface area contributed by atoms with Gasteiger partial charge < -0.3 is 9.47 Å². The number of ether oxygens (including phenoxy) is 2. The summed E-state index contributed by atoms with van der Waals surface area (Å²) in [5.41, 5.74) is -0.798. The highest BCUT2D eigenvalue weighted by Gasteiger charge is 2.35. The first-order valence-electron chi connectivity index (χ1n) is 13.5. The molecule has 1 unspecified atom stereocenters. The number of rotatable bonds is 9. The number of hydrogen-bond donors (Lipinski definition) is 0. The summed E-state index contributed by atoms with van der Waals surface area (Å²) in [6.45, 7) is 5.38. The second-order valence-electron chi connectivity index (χ2n) is 9.95. The summed E-state index contributed by atoms with van der Waals surface area (Å²) in [5.74, 6) is -3.18. The van der Waals surface area contributed by atoms with E-state index in [1.54, 1.807) is 13.8 Å². The predicted octanol–water partition coefficient (Wildman–Crippen LogP) is 6.53. The standard InChI is InChI=1S/C30H25F5N6O3/c1-4-10-43-18-8-9-19(21(11-18)30(33,34)35)27-36-12-17(13-37-27)26(29(42)44-16(2)3)41-15-24-23(14-38-41)39-28(40-24)20-6-5-7-22(31)25(20)32/h5-9,11-16,26H,4,10H2,1-3H3. The van der Waals surface area contributed by atoms with E-state index < -0.39 is 41.5 Å². The van der Waals surface area contributed by atoms with Crippen molar-refractivity contribution in [2.75, 3.05) is 6.61 Å². The molecule has 228 valence electrons. The molecule has 3 aromatic rings. The maximum absolute atomic E-state index is 14.4. The first kappa shape index (κ1) is 30.4. The number of fused-ring (bicyclic) bond motifs is 1. The topological polar surface area (TPSA) is 105 Å². The van der Waals surface area contributed by atoms with Gasteiger partial charge in [-0.2, -0.15) is 18.3 Å². The van der Waals surface area contributed by atoms with E-state index in [0.717, 1.165) is 12.1 Å². The van der Waals surface area contributed by atoms with Crippen LogP contribution in [0.5, 0.6) is 5.75 Å². The van der Waals surface area contributed by atoms with Gasteiger partial charge in [-0.15, -0.1) is 0 Å². The molecule has 0 saturated heterocycles. The summed E-state index contributed by atoms with van der Waals surface area (Å²) in [6.07, 6.45) is 0.456. The molecule has 2 aliphatic heterocycles. The maximum atomic E-state index is 14.4. The number of imidazole rings is 1. The van der Waals surface area contributed by atoms with Crippen LogP contribution in [-0.4, -0.2) is 48.4 Å². The number of alkyl halides is 3. The zero-order valence-corrected chi connectivity index (χ0v) is 23.6. The van der Waals surface area contributed by atoms with Crippen LogP contribution < -0.4 is 4.74 Å². The Morgan fingerprint density at radius 2 is 1.68 bits per heavy atom. The second-order valence-corrected chi connectivity index (χ2v) is 9.95. The molecule has 5 rings (SSSR count). The average molecular weight is 613 g/mol. The molecule has 14 heteroatoms. The molecular weight excluding hydrogens is 587 g/mol. The predicted molar refractivity (Wildman–Crippen MR) is 147 cm³/mol. The fraction of sp³-hybridized carbons (Fsp3) is 0.267. The lowest BCUT2D eigenvalue weighted by Gasteiger charge is -2.20. The first-order chi connectivity index (χ1) is 21.0. The fourth-order valence-electron chi connectivity index (χ4n) is 4.35. The van der Waals surface area contributed by atoms with E-state index in [4.69, 9.17) is 9.47 Å². The molecule has 1 aromatic heterocycles. The van der Waals surface area contributed by atoms with Crippen LogP contribution in [0.15, 0.2) is 61.2 Å². The van der Waals surface area contributed by atoms with Gasteiger partial charge in [0.1, 0.15) is 17.1 Å². The third kappa shape index (κ3) is 6.33. The van der Waals surface area contributed by atoms with E-state index in [1.807, 2.05) is 6.92 Å². The zero-order chi connectivity index (χ0) is 31.6. The van der Waals surface area contributed by atoms with E-state index in [0.29, 0.717) is 6.42 Å². The lowest BCUT2D eigenvalue weighted by atomic mass is 10.1. The lowest BCUT2D eigenvalue weighted by Crippen LogP contribution is -2.27. The van der Waals surface area contributed by atoms with Crippen LogP contribution in [0.2, 0.25) is 0 Å². The molecule has 1 atom stereocenters. The van der Waals surface area contributed by atoms with E-state index in [1.165, 1.54) is 53.7 Å². The molecule has 0 aliphatic carbocycles. The molecule has 3 heterocycles. The van der Waals surface area contributed by atoms with Crippen LogP contribution in [0, 0.1) is 11.6 Å². The minimum absolute atomic E-state index is 0.0628. The first-order valence-corrected chi connectivity index (χ1v) is 13.5. The van der Waals surface area contributed by atoms with Crippen molar-refractivity contribution in [1.29, 1.82) is 0 Å². The van der Waals surface area contributed by atoms with Crippen molar-refractivity contribution in [3.05, 3.63) is 83.9 Å². The van der Waals surface area contributed by atoms with Crippen molar-refractivity contribution in [2.45, 2.75) is 45.5 Å². The highest BCUT2D eigenvalue weighted by Crippen LogP contribution is 2.38. The monoisotopic (exact) mass is 612 g/mol. The van der Waals surface area contributed by atoms with Crippen molar-refractivity contribution in [3.63, 3.8) is 0 Å². The van der Waals surface area contributed by atoms with Gasteiger partial charge in [0.2, 0.25) is 0 Å². The van der Waals surface area contributed by atoms with Crippen molar-refractivity contribution >= 4 is 5.97 Å².